The minimum absolute atomic E-state index is 0.124. The number of amides is 1. The first kappa shape index (κ1) is 14.7. The van der Waals surface area contributed by atoms with Crippen molar-refractivity contribution in [3.05, 3.63) is 58.7 Å². The number of benzene rings is 1. The van der Waals surface area contributed by atoms with E-state index in [-0.39, 0.29) is 11.9 Å². The molecular formula is C17H15FN2O4. The zero-order valence-corrected chi connectivity index (χ0v) is 12.8. The van der Waals surface area contributed by atoms with Crippen LogP contribution in [0.2, 0.25) is 0 Å². The van der Waals surface area contributed by atoms with Gasteiger partial charge in [0.25, 0.3) is 5.91 Å². The van der Waals surface area contributed by atoms with Gasteiger partial charge in [0, 0.05) is 25.2 Å². The van der Waals surface area contributed by atoms with Crippen LogP contribution in [-0.4, -0.2) is 28.5 Å². The Morgan fingerprint density at radius 1 is 1.21 bits per heavy atom. The number of fused-ring (bicyclic) bond motifs is 1. The summed E-state index contributed by atoms with van der Waals surface area (Å²) in [5, 5.41) is 0. The molecule has 0 atom stereocenters. The SMILES string of the molecule is O=C(c1ccco1)N1CCC(n2c(=O)oc3ccc(F)cc32)CC1. The summed E-state index contributed by atoms with van der Waals surface area (Å²) in [6.07, 6.45) is 2.65. The number of hydrogen-bond donors (Lipinski definition) is 0. The summed E-state index contributed by atoms with van der Waals surface area (Å²) in [4.78, 5) is 26.1. The van der Waals surface area contributed by atoms with Crippen LogP contribution in [0.15, 0.2) is 50.2 Å². The summed E-state index contributed by atoms with van der Waals surface area (Å²) in [6.45, 7) is 0.997. The molecule has 0 unspecified atom stereocenters. The van der Waals surface area contributed by atoms with Crippen LogP contribution in [0.5, 0.6) is 0 Å². The first-order valence-electron chi connectivity index (χ1n) is 7.77. The van der Waals surface area contributed by atoms with Crippen LogP contribution < -0.4 is 5.76 Å². The predicted octanol–water partition coefficient (Wildman–Crippen LogP) is 2.80. The quantitative estimate of drug-likeness (QED) is 0.724. The lowest BCUT2D eigenvalue weighted by Crippen LogP contribution is -2.40. The molecule has 1 aromatic carbocycles. The zero-order chi connectivity index (χ0) is 16.7. The molecule has 0 N–H and O–H groups in total. The molecule has 0 bridgehead atoms. The van der Waals surface area contributed by atoms with Gasteiger partial charge in [-0.2, -0.15) is 0 Å². The van der Waals surface area contributed by atoms with Gasteiger partial charge in [0.2, 0.25) is 0 Å². The van der Waals surface area contributed by atoms with Gasteiger partial charge in [0.15, 0.2) is 11.3 Å². The zero-order valence-electron chi connectivity index (χ0n) is 12.8. The molecule has 0 spiro atoms. The maximum Gasteiger partial charge on any atom is 0.420 e. The Kier molecular flexibility index (Phi) is 3.48. The molecule has 24 heavy (non-hydrogen) atoms. The van der Waals surface area contributed by atoms with Gasteiger partial charge in [-0.1, -0.05) is 0 Å². The van der Waals surface area contributed by atoms with Gasteiger partial charge >= 0.3 is 5.76 Å². The number of piperidine rings is 1. The minimum atomic E-state index is -0.494. The summed E-state index contributed by atoms with van der Waals surface area (Å²) < 4.78 is 25.3. The Labute approximate surface area is 136 Å². The lowest BCUT2D eigenvalue weighted by Gasteiger charge is -2.31. The van der Waals surface area contributed by atoms with Crippen LogP contribution in [0.1, 0.15) is 29.4 Å². The standard InChI is InChI=1S/C17H15FN2O4/c18-11-3-4-14-13(10-11)20(17(22)24-14)12-5-7-19(8-6-12)16(21)15-2-1-9-23-15/h1-4,9-10,12H,5-8H2. The molecule has 124 valence electrons. The van der Waals surface area contributed by atoms with E-state index in [1.165, 1.54) is 29.0 Å². The molecule has 1 aliphatic heterocycles. The molecule has 0 saturated carbocycles. The Morgan fingerprint density at radius 2 is 2.00 bits per heavy atom. The molecule has 0 radical (unpaired) electrons. The third-order valence-corrected chi connectivity index (χ3v) is 4.42. The first-order valence-corrected chi connectivity index (χ1v) is 7.77. The number of halogens is 1. The smallest absolute Gasteiger partial charge is 0.420 e. The number of oxazole rings is 1. The summed E-state index contributed by atoms with van der Waals surface area (Å²) in [7, 11) is 0. The predicted molar refractivity (Wildman–Crippen MR) is 83.3 cm³/mol. The van der Waals surface area contributed by atoms with Gasteiger partial charge in [-0.05, 0) is 37.1 Å². The second-order valence-corrected chi connectivity index (χ2v) is 5.85. The molecule has 1 aliphatic rings. The number of hydrogen-bond acceptors (Lipinski definition) is 4. The fourth-order valence-corrected chi connectivity index (χ4v) is 3.24. The second kappa shape index (κ2) is 5.67. The van der Waals surface area contributed by atoms with Crippen molar-refractivity contribution in [2.75, 3.05) is 13.1 Å². The van der Waals surface area contributed by atoms with Crippen molar-refractivity contribution in [3.63, 3.8) is 0 Å². The minimum Gasteiger partial charge on any atom is -0.459 e. The van der Waals surface area contributed by atoms with Crippen LogP contribution in [0.4, 0.5) is 4.39 Å². The molecule has 6 nitrogen and oxygen atoms in total. The van der Waals surface area contributed by atoms with Crippen molar-refractivity contribution in [1.29, 1.82) is 0 Å². The average molecular weight is 330 g/mol. The Bertz CT molecular complexity index is 933. The van der Waals surface area contributed by atoms with Crippen LogP contribution in [0, 0.1) is 5.82 Å². The maximum atomic E-state index is 13.5. The third kappa shape index (κ3) is 2.42. The highest BCUT2D eigenvalue weighted by Gasteiger charge is 2.28. The van der Waals surface area contributed by atoms with Crippen LogP contribution in [0.25, 0.3) is 11.1 Å². The fourth-order valence-electron chi connectivity index (χ4n) is 3.24. The van der Waals surface area contributed by atoms with Crippen LogP contribution >= 0.6 is 0 Å². The first-order chi connectivity index (χ1) is 11.6. The van der Waals surface area contributed by atoms with E-state index < -0.39 is 11.6 Å². The molecule has 2 aromatic heterocycles. The van der Waals surface area contributed by atoms with E-state index >= 15 is 0 Å². The average Bonchev–Trinajstić information content (AvgIpc) is 3.21. The number of furan rings is 1. The maximum absolute atomic E-state index is 13.5. The largest absolute Gasteiger partial charge is 0.459 e. The molecule has 7 heteroatoms. The van der Waals surface area contributed by atoms with E-state index in [4.69, 9.17) is 8.83 Å². The molecule has 3 heterocycles. The van der Waals surface area contributed by atoms with Gasteiger partial charge in [-0.25, -0.2) is 9.18 Å². The van der Waals surface area contributed by atoms with Gasteiger partial charge in [0.05, 0.1) is 11.8 Å². The molecule has 1 amide bonds. The van der Waals surface area contributed by atoms with Crippen molar-refractivity contribution < 1.29 is 18.0 Å². The number of nitrogens with zero attached hydrogens (tertiary/aromatic N) is 2. The number of carbonyl (C=O) groups excluding carboxylic acids is 1. The van der Waals surface area contributed by atoms with E-state index in [0.717, 1.165) is 0 Å². The highest BCUT2D eigenvalue weighted by molar-refractivity contribution is 5.91. The lowest BCUT2D eigenvalue weighted by atomic mass is 10.0. The monoisotopic (exact) mass is 330 g/mol. The van der Waals surface area contributed by atoms with Crippen molar-refractivity contribution in [1.82, 2.24) is 9.47 Å². The summed E-state index contributed by atoms with van der Waals surface area (Å²) >= 11 is 0. The highest BCUT2D eigenvalue weighted by atomic mass is 19.1. The van der Waals surface area contributed by atoms with Crippen molar-refractivity contribution in [2.45, 2.75) is 18.9 Å². The van der Waals surface area contributed by atoms with Crippen LogP contribution in [0.3, 0.4) is 0 Å². The number of likely N-dealkylation sites (tertiary alicyclic amines) is 1. The Morgan fingerprint density at radius 3 is 2.71 bits per heavy atom. The van der Waals surface area contributed by atoms with Gasteiger partial charge < -0.3 is 13.7 Å². The number of carbonyl (C=O) groups is 1. The fraction of sp³-hybridized carbons (Fsp3) is 0.294. The van der Waals surface area contributed by atoms with E-state index in [2.05, 4.69) is 0 Å². The van der Waals surface area contributed by atoms with Crippen LogP contribution in [-0.2, 0) is 0 Å². The summed E-state index contributed by atoms with van der Waals surface area (Å²) in [5.41, 5.74) is 0.825. The van der Waals surface area contributed by atoms with E-state index in [1.54, 1.807) is 17.0 Å². The van der Waals surface area contributed by atoms with E-state index in [0.29, 0.717) is 42.8 Å². The summed E-state index contributed by atoms with van der Waals surface area (Å²) in [6, 6.07) is 7.21. The second-order valence-electron chi connectivity index (χ2n) is 5.85. The topological polar surface area (TPSA) is 68.6 Å². The molecule has 4 rings (SSSR count). The van der Waals surface area contributed by atoms with Gasteiger partial charge in [-0.15, -0.1) is 0 Å². The van der Waals surface area contributed by atoms with E-state index in [1.807, 2.05) is 0 Å². The van der Waals surface area contributed by atoms with E-state index in [9.17, 15) is 14.0 Å². The molecular weight excluding hydrogens is 315 g/mol. The highest BCUT2D eigenvalue weighted by Crippen LogP contribution is 2.26. The van der Waals surface area contributed by atoms with Gasteiger partial charge in [0.1, 0.15) is 5.82 Å². The number of rotatable bonds is 2. The lowest BCUT2D eigenvalue weighted by molar-refractivity contribution is 0.0662. The molecule has 1 saturated heterocycles. The third-order valence-electron chi connectivity index (χ3n) is 4.42. The molecule has 1 fully saturated rings. The van der Waals surface area contributed by atoms with Gasteiger partial charge in [-0.3, -0.25) is 9.36 Å². The van der Waals surface area contributed by atoms with Crippen molar-refractivity contribution in [2.24, 2.45) is 0 Å². The van der Waals surface area contributed by atoms with Crippen molar-refractivity contribution >= 4 is 17.0 Å². The molecule has 0 aliphatic carbocycles. The Balaban J connectivity index is 1.56. The normalized spacial score (nSPS) is 16.0. The van der Waals surface area contributed by atoms with Crippen molar-refractivity contribution in [3.8, 4) is 0 Å². The summed E-state index contributed by atoms with van der Waals surface area (Å²) in [5.74, 6) is -0.760. The Hall–Kier alpha value is -2.83. The number of aromatic nitrogens is 1. The molecule has 3 aromatic rings.